The van der Waals surface area contributed by atoms with Gasteiger partial charge in [0.1, 0.15) is 30.0 Å². The second-order valence-electron chi connectivity index (χ2n) is 8.14. The number of ether oxygens (including phenoxy) is 2. The fourth-order valence-electron chi connectivity index (χ4n) is 3.89. The predicted molar refractivity (Wildman–Crippen MR) is 117 cm³/mol. The molecule has 1 aliphatic carbocycles. The molecule has 1 N–H and O–H groups in total. The number of hydrogen-bond donors (Lipinski definition) is 1. The SMILES string of the molecule is COc1ccc(OCCN2CCN(C(C(=O)NC3CC3)c3ccc(F)cc3)CC2)cc1. The molecule has 31 heavy (non-hydrogen) atoms. The van der Waals surface area contributed by atoms with E-state index in [0.29, 0.717) is 12.6 Å². The summed E-state index contributed by atoms with van der Waals surface area (Å²) < 4.78 is 24.4. The van der Waals surface area contributed by atoms with E-state index in [0.717, 1.165) is 62.6 Å². The summed E-state index contributed by atoms with van der Waals surface area (Å²) in [7, 11) is 1.64. The molecule has 6 nitrogen and oxygen atoms in total. The van der Waals surface area contributed by atoms with Crippen molar-refractivity contribution in [3.05, 3.63) is 59.9 Å². The fraction of sp³-hybridized carbons (Fsp3) is 0.458. The number of carbonyl (C=O) groups excluding carboxylic acids is 1. The Labute approximate surface area is 182 Å². The van der Waals surface area contributed by atoms with Crippen molar-refractivity contribution in [3.63, 3.8) is 0 Å². The van der Waals surface area contributed by atoms with Crippen LogP contribution in [0.3, 0.4) is 0 Å². The van der Waals surface area contributed by atoms with E-state index in [9.17, 15) is 9.18 Å². The Morgan fingerprint density at radius 1 is 1.03 bits per heavy atom. The van der Waals surface area contributed by atoms with Crippen molar-refractivity contribution in [1.82, 2.24) is 15.1 Å². The number of hydrogen-bond acceptors (Lipinski definition) is 5. The Balaban J connectivity index is 1.29. The summed E-state index contributed by atoms with van der Waals surface area (Å²) in [5.41, 5.74) is 0.843. The minimum Gasteiger partial charge on any atom is -0.497 e. The minimum absolute atomic E-state index is 0.0189. The highest BCUT2D eigenvalue weighted by molar-refractivity contribution is 5.83. The van der Waals surface area contributed by atoms with E-state index in [-0.39, 0.29) is 17.8 Å². The van der Waals surface area contributed by atoms with Gasteiger partial charge in [0, 0.05) is 38.8 Å². The average molecular weight is 428 g/mol. The zero-order chi connectivity index (χ0) is 21.6. The van der Waals surface area contributed by atoms with Gasteiger partial charge in [-0.1, -0.05) is 12.1 Å². The molecule has 7 heteroatoms. The molecule has 2 aliphatic rings. The van der Waals surface area contributed by atoms with Crippen LogP contribution in [0.15, 0.2) is 48.5 Å². The van der Waals surface area contributed by atoms with E-state index in [1.165, 1.54) is 12.1 Å². The molecule has 1 saturated carbocycles. The van der Waals surface area contributed by atoms with Crippen molar-refractivity contribution >= 4 is 5.91 Å². The molecule has 166 valence electrons. The zero-order valence-electron chi connectivity index (χ0n) is 17.9. The summed E-state index contributed by atoms with van der Waals surface area (Å²) in [4.78, 5) is 17.5. The molecule has 2 aromatic carbocycles. The van der Waals surface area contributed by atoms with Gasteiger partial charge in [0.25, 0.3) is 0 Å². The maximum absolute atomic E-state index is 13.4. The summed E-state index contributed by atoms with van der Waals surface area (Å²) in [5, 5.41) is 3.12. The van der Waals surface area contributed by atoms with Gasteiger partial charge >= 0.3 is 0 Å². The lowest BCUT2D eigenvalue weighted by atomic mass is 10.0. The molecule has 2 fully saturated rings. The number of amides is 1. The molecular weight excluding hydrogens is 397 g/mol. The van der Waals surface area contributed by atoms with Crippen molar-refractivity contribution in [2.45, 2.75) is 24.9 Å². The van der Waals surface area contributed by atoms with E-state index in [4.69, 9.17) is 9.47 Å². The number of halogens is 1. The standard InChI is InChI=1S/C24H30FN3O3/c1-30-21-8-10-22(11-9-21)31-17-16-27-12-14-28(15-13-27)23(24(29)26-20-6-7-20)18-2-4-19(25)5-3-18/h2-5,8-11,20,23H,6-7,12-17H2,1H3,(H,26,29). The molecule has 1 amide bonds. The van der Waals surface area contributed by atoms with Crippen LogP contribution in [0.5, 0.6) is 11.5 Å². The first-order valence-corrected chi connectivity index (χ1v) is 10.9. The maximum atomic E-state index is 13.4. The van der Waals surface area contributed by atoms with Gasteiger partial charge in [-0.05, 0) is 54.8 Å². The Morgan fingerprint density at radius 2 is 1.68 bits per heavy atom. The van der Waals surface area contributed by atoms with Gasteiger partial charge in [0.15, 0.2) is 0 Å². The first kappa shape index (κ1) is 21.6. The van der Waals surface area contributed by atoms with Gasteiger partial charge < -0.3 is 14.8 Å². The highest BCUT2D eigenvalue weighted by Gasteiger charge is 2.33. The number of nitrogens with zero attached hydrogens (tertiary/aromatic N) is 2. The molecule has 2 aromatic rings. The molecule has 0 aromatic heterocycles. The van der Waals surface area contributed by atoms with E-state index in [1.54, 1.807) is 19.2 Å². The Kier molecular flexibility index (Phi) is 7.04. The quantitative estimate of drug-likeness (QED) is 0.667. The van der Waals surface area contributed by atoms with Crippen molar-refractivity contribution < 1.29 is 18.7 Å². The monoisotopic (exact) mass is 427 g/mol. The molecule has 4 rings (SSSR count). The molecule has 1 unspecified atom stereocenters. The van der Waals surface area contributed by atoms with Gasteiger partial charge in [0.05, 0.1) is 7.11 Å². The van der Waals surface area contributed by atoms with Gasteiger partial charge in [0.2, 0.25) is 5.91 Å². The molecule has 1 heterocycles. The zero-order valence-corrected chi connectivity index (χ0v) is 17.9. The van der Waals surface area contributed by atoms with Crippen LogP contribution in [-0.4, -0.2) is 68.2 Å². The van der Waals surface area contributed by atoms with Crippen LogP contribution in [0.4, 0.5) is 4.39 Å². The third kappa shape index (κ3) is 5.95. The van der Waals surface area contributed by atoms with Crippen LogP contribution in [0.2, 0.25) is 0 Å². The number of nitrogens with one attached hydrogen (secondary N) is 1. The maximum Gasteiger partial charge on any atom is 0.242 e. The molecular formula is C24H30FN3O3. The topological polar surface area (TPSA) is 54.0 Å². The van der Waals surface area contributed by atoms with Gasteiger partial charge in [-0.2, -0.15) is 0 Å². The van der Waals surface area contributed by atoms with Crippen LogP contribution in [0.1, 0.15) is 24.4 Å². The summed E-state index contributed by atoms with van der Waals surface area (Å²) in [6, 6.07) is 13.8. The number of rotatable bonds is 9. The number of methoxy groups -OCH3 is 1. The van der Waals surface area contributed by atoms with Crippen LogP contribution in [0.25, 0.3) is 0 Å². The van der Waals surface area contributed by atoms with E-state index in [2.05, 4.69) is 15.1 Å². The van der Waals surface area contributed by atoms with E-state index in [1.807, 2.05) is 24.3 Å². The Morgan fingerprint density at radius 3 is 2.29 bits per heavy atom. The molecule has 1 aliphatic heterocycles. The van der Waals surface area contributed by atoms with Crippen LogP contribution < -0.4 is 14.8 Å². The lowest BCUT2D eigenvalue weighted by molar-refractivity contribution is -0.127. The van der Waals surface area contributed by atoms with E-state index >= 15 is 0 Å². The first-order chi connectivity index (χ1) is 15.1. The number of carbonyl (C=O) groups is 1. The van der Waals surface area contributed by atoms with Gasteiger partial charge in [-0.25, -0.2) is 4.39 Å². The minimum atomic E-state index is -0.376. The summed E-state index contributed by atoms with van der Waals surface area (Å²) in [6.45, 7) is 4.72. The summed E-state index contributed by atoms with van der Waals surface area (Å²) in [5.74, 6) is 1.37. The average Bonchev–Trinajstić information content (AvgIpc) is 3.61. The third-order valence-electron chi connectivity index (χ3n) is 5.87. The largest absolute Gasteiger partial charge is 0.497 e. The molecule has 0 radical (unpaired) electrons. The van der Waals surface area contributed by atoms with Gasteiger partial charge in [-0.15, -0.1) is 0 Å². The highest BCUT2D eigenvalue weighted by Crippen LogP contribution is 2.26. The molecule has 1 saturated heterocycles. The molecule has 0 spiro atoms. The number of piperazine rings is 1. The van der Waals surface area contributed by atoms with Crippen LogP contribution >= 0.6 is 0 Å². The Bertz CT molecular complexity index is 847. The lowest BCUT2D eigenvalue weighted by Crippen LogP contribution is -2.51. The second-order valence-corrected chi connectivity index (χ2v) is 8.14. The third-order valence-corrected chi connectivity index (χ3v) is 5.87. The smallest absolute Gasteiger partial charge is 0.242 e. The number of benzene rings is 2. The van der Waals surface area contributed by atoms with E-state index < -0.39 is 0 Å². The van der Waals surface area contributed by atoms with Crippen molar-refractivity contribution in [2.75, 3.05) is 46.4 Å². The highest BCUT2D eigenvalue weighted by atomic mass is 19.1. The normalized spacial score (nSPS) is 18.4. The Hall–Kier alpha value is -2.64. The first-order valence-electron chi connectivity index (χ1n) is 10.9. The second kappa shape index (κ2) is 10.1. The van der Waals surface area contributed by atoms with Crippen LogP contribution in [-0.2, 0) is 4.79 Å². The predicted octanol–water partition coefficient (Wildman–Crippen LogP) is 2.85. The van der Waals surface area contributed by atoms with Gasteiger partial charge in [-0.3, -0.25) is 14.6 Å². The molecule has 1 atom stereocenters. The lowest BCUT2D eigenvalue weighted by Gasteiger charge is -2.38. The summed E-state index contributed by atoms with van der Waals surface area (Å²) >= 11 is 0. The summed E-state index contributed by atoms with van der Waals surface area (Å²) in [6.07, 6.45) is 2.09. The molecule has 0 bridgehead atoms. The van der Waals surface area contributed by atoms with Crippen LogP contribution in [0, 0.1) is 5.82 Å². The van der Waals surface area contributed by atoms with Crippen molar-refractivity contribution in [3.8, 4) is 11.5 Å². The van der Waals surface area contributed by atoms with Crippen molar-refractivity contribution in [1.29, 1.82) is 0 Å². The fourth-order valence-corrected chi connectivity index (χ4v) is 3.89. The van der Waals surface area contributed by atoms with Crippen molar-refractivity contribution in [2.24, 2.45) is 0 Å².